The van der Waals surface area contributed by atoms with Gasteiger partial charge in [0.25, 0.3) is 0 Å². The van der Waals surface area contributed by atoms with Crippen molar-refractivity contribution >= 4 is 22.9 Å². The van der Waals surface area contributed by atoms with Gasteiger partial charge in [-0.25, -0.2) is 4.98 Å². The molecule has 35 heavy (non-hydrogen) atoms. The zero-order valence-corrected chi connectivity index (χ0v) is 19.6. The Bertz CT molecular complexity index is 1290. The lowest BCUT2D eigenvalue weighted by Gasteiger charge is -2.26. The third-order valence-corrected chi connectivity index (χ3v) is 6.23. The molecule has 4 aromatic rings. The second-order valence-electron chi connectivity index (χ2n) is 8.61. The minimum Gasteiger partial charge on any atom is -0.379 e. The molecule has 0 bridgehead atoms. The highest BCUT2D eigenvalue weighted by molar-refractivity contribution is 5.91. The fraction of sp³-hybridized carbons (Fsp3) is 0.250. The number of amides is 1. The predicted molar refractivity (Wildman–Crippen MR) is 137 cm³/mol. The molecule has 3 aromatic heterocycles. The van der Waals surface area contributed by atoms with Crippen molar-refractivity contribution in [3.8, 4) is 5.82 Å². The third-order valence-electron chi connectivity index (χ3n) is 6.23. The van der Waals surface area contributed by atoms with Crippen LogP contribution in [0.4, 0.5) is 0 Å². The number of benzene rings is 1. The van der Waals surface area contributed by atoms with Gasteiger partial charge < -0.3 is 14.6 Å². The van der Waals surface area contributed by atoms with Crippen molar-refractivity contribution in [2.24, 2.45) is 0 Å². The Morgan fingerprint density at radius 1 is 1.06 bits per heavy atom. The lowest BCUT2D eigenvalue weighted by Crippen LogP contribution is -2.37. The number of aromatic nitrogens is 3. The molecule has 0 saturated carbocycles. The van der Waals surface area contributed by atoms with Gasteiger partial charge in [-0.1, -0.05) is 24.3 Å². The van der Waals surface area contributed by atoms with E-state index in [1.165, 1.54) is 17.0 Å². The molecule has 0 spiro atoms. The first kappa shape index (κ1) is 23.0. The van der Waals surface area contributed by atoms with Crippen LogP contribution in [0.5, 0.6) is 0 Å². The van der Waals surface area contributed by atoms with Crippen molar-refractivity contribution in [3.05, 3.63) is 96.1 Å². The van der Waals surface area contributed by atoms with Gasteiger partial charge in [-0.3, -0.25) is 14.7 Å². The Labute approximate surface area is 205 Å². The summed E-state index contributed by atoms with van der Waals surface area (Å²) in [6, 6.07) is 16.2. The third kappa shape index (κ3) is 5.82. The number of hydrogen-bond donors (Lipinski definition) is 1. The number of nitrogens with zero attached hydrogens (tertiary/aromatic N) is 4. The number of para-hydroxylation sites is 1. The molecule has 1 aromatic carbocycles. The van der Waals surface area contributed by atoms with Gasteiger partial charge in [0.2, 0.25) is 5.91 Å². The maximum Gasteiger partial charge on any atom is 0.244 e. The van der Waals surface area contributed by atoms with E-state index in [4.69, 9.17) is 4.74 Å². The molecular formula is C28H29N5O2. The quantitative estimate of drug-likeness (QED) is 0.401. The average Bonchev–Trinajstić information content (AvgIpc) is 3.30. The van der Waals surface area contributed by atoms with E-state index in [1.54, 1.807) is 24.7 Å². The van der Waals surface area contributed by atoms with Gasteiger partial charge in [0.15, 0.2) is 0 Å². The van der Waals surface area contributed by atoms with E-state index in [9.17, 15) is 4.79 Å². The summed E-state index contributed by atoms with van der Waals surface area (Å²) in [4.78, 5) is 23.3. The zero-order valence-electron chi connectivity index (χ0n) is 19.6. The van der Waals surface area contributed by atoms with Crippen LogP contribution in [0, 0.1) is 0 Å². The van der Waals surface area contributed by atoms with E-state index in [0.717, 1.165) is 61.7 Å². The van der Waals surface area contributed by atoms with Crippen molar-refractivity contribution in [2.45, 2.75) is 13.0 Å². The van der Waals surface area contributed by atoms with Crippen LogP contribution in [0.15, 0.2) is 79.4 Å². The van der Waals surface area contributed by atoms with E-state index in [2.05, 4.69) is 55.2 Å². The van der Waals surface area contributed by atoms with Crippen molar-refractivity contribution in [1.29, 1.82) is 0 Å². The van der Waals surface area contributed by atoms with Gasteiger partial charge in [-0.15, -0.1) is 0 Å². The number of pyridine rings is 2. The van der Waals surface area contributed by atoms with Gasteiger partial charge >= 0.3 is 0 Å². The first-order valence-corrected chi connectivity index (χ1v) is 12.0. The van der Waals surface area contributed by atoms with Crippen LogP contribution in [0.2, 0.25) is 0 Å². The predicted octanol–water partition coefficient (Wildman–Crippen LogP) is 3.62. The van der Waals surface area contributed by atoms with Crippen molar-refractivity contribution in [2.75, 3.05) is 32.8 Å². The average molecular weight is 468 g/mol. The van der Waals surface area contributed by atoms with Crippen LogP contribution in [-0.2, 0) is 22.5 Å². The van der Waals surface area contributed by atoms with Crippen LogP contribution in [-0.4, -0.2) is 58.2 Å². The summed E-state index contributed by atoms with van der Waals surface area (Å²) in [5.74, 6) is 0.705. The summed E-state index contributed by atoms with van der Waals surface area (Å²) in [5, 5.41) is 4.13. The Kier molecular flexibility index (Phi) is 7.27. The molecule has 0 atom stereocenters. The van der Waals surface area contributed by atoms with E-state index in [-0.39, 0.29) is 5.91 Å². The first-order valence-electron chi connectivity index (χ1n) is 12.0. The SMILES string of the molecule is O=C(/C=C/c1ccc(-n2cc(CCN3CCOCC3)c3ccccc32)nc1)NCc1cccnc1. The van der Waals surface area contributed by atoms with Crippen LogP contribution in [0.3, 0.4) is 0 Å². The molecule has 1 saturated heterocycles. The van der Waals surface area contributed by atoms with Gasteiger partial charge in [0.05, 0.1) is 18.7 Å². The summed E-state index contributed by atoms with van der Waals surface area (Å²) in [5.41, 5.74) is 4.30. The van der Waals surface area contributed by atoms with Crippen molar-refractivity contribution in [3.63, 3.8) is 0 Å². The molecule has 1 fully saturated rings. The van der Waals surface area contributed by atoms with Gasteiger partial charge in [-0.05, 0) is 53.5 Å². The van der Waals surface area contributed by atoms with Gasteiger partial charge in [-0.2, -0.15) is 0 Å². The number of nitrogens with one attached hydrogen (secondary N) is 1. The monoisotopic (exact) mass is 467 g/mol. The zero-order chi connectivity index (χ0) is 23.9. The van der Waals surface area contributed by atoms with Crippen LogP contribution >= 0.6 is 0 Å². The molecule has 7 nitrogen and oxygen atoms in total. The molecule has 0 unspecified atom stereocenters. The van der Waals surface area contributed by atoms with Gasteiger partial charge in [0.1, 0.15) is 5.82 Å². The van der Waals surface area contributed by atoms with Crippen LogP contribution in [0.25, 0.3) is 22.8 Å². The molecule has 1 N–H and O–H groups in total. The Hall–Kier alpha value is -3.81. The largest absolute Gasteiger partial charge is 0.379 e. The van der Waals surface area contributed by atoms with Gasteiger partial charge in [0, 0.05) is 62.4 Å². The number of morpholine rings is 1. The summed E-state index contributed by atoms with van der Waals surface area (Å²) < 4.78 is 7.62. The number of carbonyl (C=O) groups excluding carboxylic acids is 1. The smallest absolute Gasteiger partial charge is 0.244 e. The summed E-state index contributed by atoms with van der Waals surface area (Å²) in [6.07, 6.45) is 11.7. The van der Waals surface area contributed by atoms with E-state index in [1.807, 2.05) is 24.3 Å². The second-order valence-corrected chi connectivity index (χ2v) is 8.61. The van der Waals surface area contributed by atoms with E-state index >= 15 is 0 Å². The number of fused-ring (bicyclic) bond motifs is 1. The minimum atomic E-state index is -0.153. The molecule has 0 radical (unpaired) electrons. The molecule has 4 heterocycles. The molecule has 1 amide bonds. The molecule has 178 valence electrons. The lowest BCUT2D eigenvalue weighted by molar-refractivity contribution is -0.116. The van der Waals surface area contributed by atoms with Crippen molar-refractivity contribution in [1.82, 2.24) is 24.8 Å². The summed E-state index contributed by atoms with van der Waals surface area (Å²) >= 11 is 0. The Morgan fingerprint density at radius 2 is 1.94 bits per heavy atom. The first-order chi connectivity index (χ1) is 17.3. The standard InChI is InChI=1S/C28H29N5O2/c34-28(31-20-23-4-3-12-29-18-23)10-8-22-7-9-27(30-19-22)33-21-24(25-5-1-2-6-26(25)33)11-13-32-14-16-35-17-15-32/h1-10,12,18-19,21H,11,13-17,20H2,(H,31,34)/b10-8+. The number of hydrogen-bond acceptors (Lipinski definition) is 5. The maximum atomic E-state index is 12.1. The highest BCUT2D eigenvalue weighted by atomic mass is 16.5. The molecule has 1 aliphatic heterocycles. The topological polar surface area (TPSA) is 72.3 Å². The van der Waals surface area contributed by atoms with E-state index in [0.29, 0.717) is 6.54 Å². The highest BCUT2D eigenvalue weighted by Crippen LogP contribution is 2.25. The summed E-state index contributed by atoms with van der Waals surface area (Å²) in [6.45, 7) is 5.10. The van der Waals surface area contributed by atoms with E-state index < -0.39 is 0 Å². The number of ether oxygens (including phenoxy) is 1. The fourth-order valence-electron chi connectivity index (χ4n) is 4.30. The molecule has 0 aliphatic carbocycles. The number of rotatable bonds is 8. The molecule has 5 rings (SSSR count). The number of carbonyl (C=O) groups is 1. The van der Waals surface area contributed by atoms with Crippen LogP contribution < -0.4 is 5.32 Å². The fourth-order valence-corrected chi connectivity index (χ4v) is 4.30. The summed E-state index contributed by atoms with van der Waals surface area (Å²) in [7, 11) is 0. The molecule has 7 heteroatoms. The molecule has 1 aliphatic rings. The Balaban J connectivity index is 1.26. The molecular weight excluding hydrogens is 438 g/mol. The van der Waals surface area contributed by atoms with Crippen LogP contribution in [0.1, 0.15) is 16.7 Å². The normalized spacial score (nSPS) is 14.5. The minimum absolute atomic E-state index is 0.153. The lowest BCUT2D eigenvalue weighted by atomic mass is 10.1. The van der Waals surface area contributed by atoms with Crippen molar-refractivity contribution < 1.29 is 9.53 Å². The highest BCUT2D eigenvalue weighted by Gasteiger charge is 2.14. The maximum absolute atomic E-state index is 12.1. The second kappa shape index (κ2) is 11.1. The Morgan fingerprint density at radius 3 is 2.74 bits per heavy atom.